The van der Waals surface area contributed by atoms with Crippen molar-refractivity contribution in [2.45, 2.75) is 45.1 Å². The number of likely N-dealkylation sites (tertiary alicyclic amines) is 1. The molecule has 1 unspecified atom stereocenters. The summed E-state index contributed by atoms with van der Waals surface area (Å²) >= 11 is 0. The molecule has 0 aromatic carbocycles. The topological polar surface area (TPSA) is 73.5 Å². The molecule has 6 nitrogen and oxygen atoms in total. The van der Waals surface area contributed by atoms with Crippen LogP contribution in [0.15, 0.2) is 0 Å². The van der Waals surface area contributed by atoms with E-state index in [4.69, 9.17) is 0 Å². The maximum atomic E-state index is 12.2. The number of piperidine rings is 2. The van der Waals surface area contributed by atoms with Gasteiger partial charge in [-0.15, -0.1) is 0 Å². The van der Waals surface area contributed by atoms with Gasteiger partial charge in [0.05, 0.1) is 12.5 Å². The molecule has 0 bridgehead atoms. The standard InChI is InChI=1S/C16H30N4O2/c1-2-7-18-15(21)12-20-9-5-14(6-10-20)19-16(22)13-4-3-8-17-11-13/h13-14,17H,2-12H2,1H3,(H,18,21)(H,19,22). The minimum absolute atomic E-state index is 0.109. The molecule has 22 heavy (non-hydrogen) atoms. The van der Waals surface area contributed by atoms with E-state index in [2.05, 4.69) is 27.8 Å². The van der Waals surface area contributed by atoms with Gasteiger partial charge in [0.1, 0.15) is 0 Å². The highest BCUT2D eigenvalue weighted by molar-refractivity contribution is 5.79. The van der Waals surface area contributed by atoms with Gasteiger partial charge >= 0.3 is 0 Å². The Labute approximate surface area is 133 Å². The van der Waals surface area contributed by atoms with Crippen LogP contribution in [-0.4, -0.2) is 62.0 Å². The monoisotopic (exact) mass is 310 g/mol. The molecule has 0 aliphatic carbocycles. The highest BCUT2D eigenvalue weighted by Gasteiger charge is 2.26. The summed E-state index contributed by atoms with van der Waals surface area (Å²) in [6, 6.07) is 0.268. The molecule has 3 N–H and O–H groups in total. The van der Waals surface area contributed by atoms with Gasteiger partial charge in [0.2, 0.25) is 11.8 Å². The van der Waals surface area contributed by atoms with Crippen LogP contribution in [0.4, 0.5) is 0 Å². The highest BCUT2D eigenvalue weighted by atomic mass is 16.2. The van der Waals surface area contributed by atoms with Crippen LogP contribution in [0.5, 0.6) is 0 Å². The Morgan fingerprint density at radius 3 is 2.64 bits per heavy atom. The van der Waals surface area contributed by atoms with Crippen LogP contribution in [0.1, 0.15) is 39.0 Å². The summed E-state index contributed by atoms with van der Waals surface area (Å²) < 4.78 is 0. The molecule has 0 saturated carbocycles. The van der Waals surface area contributed by atoms with Crippen molar-refractivity contribution in [2.24, 2.45) is 5.92 Å². The maximum Gasteiger partial charge on any atom is 0.234 e. The van der Waals surface area contributed by atoms with Crippen LogP contribution in [0.25, 0.3) is 0 Å². The average molecular weight is 310 g/mol. The molecular weight excluding hydrogens is 280 g/mol. The molecular formula is C16H30N4O2. The van der Waals surface area contributed by atoms with Gasteiger partial charge in [0.25, 0.3) is 0 Å². The largest absolute Gasteiger partial charge is 0.355 e. The Morgan fingerprint density at radius 1 is 1.23 bits per heavy atom. The summed E-state index contributed by atoms with van der Waals surface area (Å²) in [5.74, 6) is 0.440. The van der Waals surface area contributed by atoms with E-state index in [1.54, 1.807) is 0 Å². The first kappa shape index (κ1) is 17.2. The molecule has 1 atom stereocenters. The fourth-order valence-corrected chi connectivity index (χ4v) is 3.15. The van der Waals surface area contributed by atoms with Crippen LogP contribution < -0.4 is 16.0 Å². The number of nitrogens with one attached hydrogen (secondary N) is 3. The zero-order valence-corrected chi connectivity index (χ0v) is 13.7. The van der Waals surface area contributed by atoms with Crippen molar-refractivity contribution in [3.05, 3.63) is 0 Å². The van der Waals surface area contributed by atoms with Crippen LogP contribution in [0, 0.1) is 5.92 Å². The van der Waals surface area contributed by atoms with Crippen molar-refractivity contribution in [1.82, 2.24) is 20.9 Å². The first-order chi connectivity index (χ1) is 10.7. The third-order valence-corrected chi connectivity index (χ3v) is 4.54. The van der Waals surface area contributed by atoms with Gasteiger partial charge in [-0.1, -0.05) is 6.92 Å². The zero-order chi connectivity index (χ0) is 15.8. The molecule has 2 fully saturated rings. The molecule has 0 radical (unpaired) electrons. The van der Waals surface area contributed by atoms with Gasteiger partial charge < -0.3 is 16.0 Å². The summed E-state index contributed by atoms with van der Waals surface area (Å²) in [5.41, 5.74) is 0. The van der Waals surface area contributed by atoms with E-state index < -0.39 is 0 Å². The molecule has 0 aromatic heterocycles. The number of nitrogens with zero attached hydrogens (tertiary/aromatic N) is 1. The molecule has 2 saturated heterocycles. The van der Waals surface area contributed by atoms with Gasteiger partial charge in [-0.3, -0.25) is 14.5 Å². The Balaban J connectivity index is 1.64. The Bertz CT molecular complexity index is 361. The number of carbonyl (C=O) groups excluding carboxylic acids is 2. The number of hydrogen-bond donors (Lipinski definition) is 3. The van der Waals surface area contributed by atoms with E-state index in [9.17, 15) is 9.59 Å². The molecule has 2 aliphatic rings. The van der Waals surface area contributed by atoms with Gasteiger partial charge in [0.15, 0.2) is 0 Å². The molecule has 2 amide bonds. The lowest BCUT2D eigenvalue weighted by Gasteiger charge is -2.33. The van der Waals surface area contributed by atoms with Crippen molar-refractivity contribution in [1.29, 1.82) is 0 Å². The van der Waals surface area contributed by atoms with Crippen LogP contribution in [-0.2, 0) is 9.59 Å². The maximum absolute atomic E-state index is 12.2. The van der Waals surface area contributed by atoms with Crippen LogP contribution >= 0.6 is 0 Å². The molecule has 0 aromatic rings. The zero-order valence-electron chi connectivity index (χ0n) is 13.7. The molecule has 126 valence electrons. The lowest BCUT2D eigenvalue weighted by molar-refractivity contribution is -0.127. The normalized spacial score (nSPS) is 24.0. The molecule has 2 heterocycles. The third kappa shape index (κ3) is 5.57. The van der Waals surface area contributed by atoms with E-state index in [1.807, 2.05) is 0 Å². The molecule has 6 heteroatoms. The van der Waals surface area contributed by atoms with Gasteiger partial charge in [-0.25, -0.2) is 0 Å². The third-order valence-electron chi connectivity index (χ3n) is 4.54. The smallest absolute Gasteiger partial charge is 0.234 e. The summed E-state index contributed by atoms with van der Waals surface area (Å²) in [7, 11) is 0. The minimum Gasteiger partial charge on any atom is -0.355 e. The van der Waals surface area contributed by atoms with Crippen molar-refractivity contribution in [3.8, 4) is 0 Å². The van der Waals surface area contributed by atoms with Crippen molar-refractivity contribution in [3.63, 3.8) is 0 Å². The Morgan fingerprint density at radius 2 is 2.00 bits per heavy atom. The van der Waals surface area contributed by atoms with E-state index in [0.717, 1.165) is 64.8 Å². The van der Waals surface area contributed by atoms with Gasteiger partial charge in [-0.2, -0.15) is 0 Å². The molecule has 2 rings (SSSR count). The predicted molar refractivity (Wildman–Crippen MR) is 86.5 cm³/mol. The van der Waals surface area contributed by atoms with Crippen molar-refractivity contribution in [2.75, 3.05) is 39.3 Å². The fraction of sp³-hybridized carbons (Fsp3) is 0.875. The first-order valence-corrected chi connectivity index (χ1v) is 8.69. The number of carbonyl (C=O) groups is 2. The fourth-order valence-electron chi connectivity index (χ4n) is 3.15. The van der Waals surface area contributed by atoms with E-state index in [-0.39, 0.29) is 23.8 Å². The SMILES string of the molecule is CCCNC(=O)CN1CCC(NC(=O)C2CCCNC2)CC1. The van der Waals surface area contributed by atoms with Crippen LogP contribution in [0.2, 0.25) is 0 Å². The van der Waals surface area contributed by atoms with Crippen LogP contribution in [0.3, 0.4) is 0 Å². The minimum atomic E-state index is 0.109. The van der Waals surface area contributed by atoms with E-state index >= 15 is 0 Å². The first-order valence-electron chi connectivity index (χ1n) is 8.69. The Hall–Kier alpha value is -1.14. The molecule has 0 spiro atoms. The second kappa shape index (κ2) is 9.10. The lowest BCUT2D eigenvalue weighted by atomic mass is 9.97. The number of hydrogen-bond acceptors (Lipinski definition) is 4. The second-order valence-electron chi connectivity index (χ2n) is 6.45. The van der Waals surface area contributed by atoms with Crippen molar-refractivity contribution >= 4 is 11.8 Å². The van der Waals surface area contributed by atoms with Crippen molar-refractivity contribution < 1.29 is 9.59 Å². The summed E-state index contributed by atoms with van der Waals surface area (Å²) in [6.45, 7) is 6.88. The predicted octanol–water partition coefficient (Wildman–Crippen LogP) is 0.0928. The molecule has 2 aliphatic heterocycles. The number of amides is 2. The van der Waals surface area contributed by atoms with E-state index in [1.165, 1.54) is 0 Å². The van der Waals surface area contributed by atoms with Gasteiger partial charge in [0, 0.05) is 32.2 Å². The highest BCUT2D eigenvalue weighted by Crippen LogP contribution is 2.14. The van der Waals surface area contributed by atoms with E-state index in [0.29, 0.717) is 6.54 Å². The summed E-state index contributed by atoms with van der Waals surface area (Å²) in [6.07, 6.45) is 4.93. The lowest BCUT2D eigenvalue weighted by Crippen LogP contribution is -2.50. The second-order valence-corrected chi connectivity index (χ2v) is 6.45. The average Bonchev–Trinajstić information content (AvgIpc) is 2.55. The number of rotatable bonds is 6. The summed E-state index contributed by atoms with van der Waals surface area (Å²) in [4.78, 5) is 26.1. The van der Waals surface area contributed by atoms with Gasteiger partial charge in [-0.05, 0) is 38.6 Å². The Kier molecular flexibility index (Phi) is 7.12. The summed E-state index contributed by atoms with van der Waals surface area (Å²) in [5, 5.41) is 9.38. The quantitative estimate of drug-likeness (QED) is 0.650.